The van der Waals surface area contributed by atoms with Crippen molar-refractivity contribution in [3.05, 3.63) is 30.3 Å². The first-order valence-electron chi connectivity index (χ1n) is 9.56. The van der Waals surface area contributed by atoms with Crippen molar-refractivity contribution in [3.8, 4) is 5.75 Å². The fourth-order valence-electron chi connectivity index (χ4n) is 4.33. The highest BCUT2D eigenvalue weighted by molar-refractivity contribution is 5.88. The van der Waals surface area contributed by atoms with Crippen molar-refractivity contribution >= 4 is 11.8 Å². The Hall–Kier alpha value is -2.08. The summed E-state index contributed by atoms with van der Waals surface area (Å²) < 4.78 is 5.41. The first-order chi connectivity index (χ1) is 12.5. The van der Waals surface area contributed by atoms with Gasteiger partial charge in [0.2, 0.25) is 5.91 Å². The normalized spacial score (nSPS) is 28.7. The molecule has 0 aromatic heterocycles. The van der Waals surface area contributed by atoms with E-state index < -0.39 is 6.04 Å². The maximum absolute atomic E-state index is 12.5. The molecule has 142 valence electrons. The number of nitrogens with two attached hydrogens (primary N) is 1. The van der Waals surface area contributed by atoms with Crippen LogP contribution in [-0.2, 0) is 9.59 Å². The van der Waals surface area contributed by atoms with Crippen LogP contribution in [0, 0.1) is 11.8 Å². The van der Waals surface area contributed by atoms with E-state index in [1.165, 1.54) is 6.42 Å². The Kier molecular flexibility index (Phi) is 6.14. The van der Waals surface area contributed by atoms with Crippen LogP contribution < -0.4 is 21.1 Å². The summed E-state index contributed by atoms with van der Waals surface area (Å²) in [6, 6.07) is 9.01. The molecule has 2 fully saturated rings. The molecule has 1 aromatic carbocycles. The van der Waals surface area contributed by atoms with Crippen molar-refractivity contribution in [1.29, 1.82) is 0 Å². The summed E-state index contributed by atoms with van der Waals surface area (Å²) in [6.45, 7) is 1.60. The molecule has 6 heteroatoms. The SMILES string of the molecule is CC(NC(=O)COc1ccccc1)C(=O)NC1C2CCCC1CC(N)C2. The summed E-state index contributed by atoms with van der Waals surface area (Å²) in [6.07, 6.45) is 5.43. The lowest BCUT2D eigenvalue weighted by atomic mass is 9.67. The topological polar surface area (TPSA) is 93.4 Å². The molecule has 2 amide bonds. The molecule has 6 nitrogen and oxygen atoms in total. The number of rotatable bonds is 6. The molecule has 0 radical (unpaired) electrons. The molecule has 1 aromatic rings. The molecule has 0 aliphatic heterocycles. The van der Waals surface area contributed by atoms with Crippen molar-refractivity contribution in [2.75, 3.05) is 6.61 Å². The van der Waals surface area contributed by atoms with Crippen LogP contribution in [0.15, 0.2) is 30.3 Å². The number of hydrogen-bond donors (Lipinski definition) is 3. The molecule has 0 saturated heterocycles. The highest BCUT2D eigenvalue weighted by atomic mass is 16.5. The van der Waals surface area contributed by atoms with E-state index in [2.05, 4.69) is 10.6 Å². The van der Waals surface area contributed by atoms with Crippen LogP contribution in [0.25, 0.3) is 0 Å². The Morgan fingerprint density at radius 3 is 2.50 bits per heavy atom. The van der Waals surface area contributed by atoms with E-state index in [9.17, 15) is 9.59 Å². The Labute approximate surface area is 154 Å². The number of hydrogen-bond acceptors (Lipinski definition) is 4. The van der Waals surface area contributed by atoms with Gasteiger partial charge in [0.05, 0.1) is 0 Å². The number of benzene rings is 1. The molecule has 3 rings (SSSR count). The third kappa shape index (κ3) is 4.75. The standard InChI is InChI=1S/C20H29N3O3/c1-13(22-18(24)12-26-17-8-3-2-4-9-17)20(25)23-19-14-6-5-7-15(19)11-16(21)10-14/h2-4,8-9,13-16,19H,5-7,10-12,21H2,1H3,(H,22,24)(H,23,25). The summed E-state index contributed by atoms with van der Waals surface area (Å²) in [5, 5.41) is 5.88. The van der Waals surface area contributed by atoms with Crippen LogP contribution in [0.5, 0.6) is 5.75 Å². The molecule has 0 heterocycles. The fourth-order valence-corrected chi connectivity index (χ4v) is 4.33. The van der Waals surface area contributed by atoms with Crippen molar-refractivity contribution in [2.45, 2.75) is 57.2 Å². The third-order valence-electron chi connectivity index (χ3n) is 5.57. The minimum atomic E-state index is -0.585. The van der Waals surface area contributed by atoms with Gasteiger partial charge >= 0.3 is 0 Å². The van der Waals surface area contributed by atoms with Crippen molar-refractivity contribution in [1.82, 2.24) is 10.6 Å². The maximum atomic E-state index is 12.5. The zero-order valence-electron chi connectivity index (χ0n) is 15.3. The molecular formula is C20H29N3O3. The van der Waals surface area contributed by atoms with Gasteiger partial charge in [-0.1, -0.05) is 24.6 Å². The Balaban J connectivity index is 1.46. The predicted octanol–water partition coefficient (Wildman–Crippen LogP) is 1.59. The van der Waals surface area contributed by atoms with Crippen LogP contribution in [0.3, 0.4) is 0 Å². The summed E-state index contributed by atoms with van der Waals surface area (Å²) in [4.78, 5) is 24.6. The van der Waals surface area contributed by atoms with Gasteiger partial charge in [-0.05, 0) is 56.6 Å². The second-order valence-corrected chi connectivity index (χ2v) is 7.61. The minimum Gasteiger partial charge on any atom is -0.484 e. The average molecular weight is 359 g/mol. The lowest BCUT2D eigenvalue weighted by molar-refractivity contribution is -0.130. The van der Waals surface area contributed by atoms with Crippen LogP contribution >= 0.6 is 0 Å². The molecular weight excluding hydrogens is 330 g/mol. The zero-order chi connectivity index (χ0) is 18.5. The largest absolute Gasteiger partial charge is 0.484 e. The highest BCUT2D eigenvalue weighted by Crippen LogP contribution is 2.39. The number of carbonyl (C=O) groups excluding carboxylic acids is 2. The van der Waals surface area contributed by atoms with E-state index in [0.717, 1.165) is 25.7 Å². The first kappa shape index (κ1) is 18.7. The van der Waals surface area contributed by atoms with Gasteiger partial charge in [0.1, 0.15) is 11.8 Å². The number of nitrogens with one attached hydrogen (secondary N) is 2. The van der Waals surface area contributed by atoms with Gasteiger partial charge in [0.15, 0.2) is 6.61 Å². The van der Waals surface area contributed by atoms with Gasteiger partial charge in [-0.25, -0.2) is 0 Å². The molecule has 2 aliphatic rings. The van der Waals surface area contributed by atoms with Crippen LogP contribution in [0.2, 0.25) is 0 Å². The van der Waals surface area contributed by atoms with Gasteiger partial charge < -0.3 is 21.1 Å². The fraction of sp³-hybridized carbons (Fsp3) is 0.600. The van der Waals surface area contributed by atoms with E-state index in [1.54, 1.807) is 19.1 Å². The van der Waals surface area contributed by atoms with Crippen LogP contribution in [0.4, 0.5) is 0 Å². The molecule has 0 spiro atoms. The molecule has 26 heavy (non-hydrogen) atoms. The first-order valence-corrected chi connectivity index (χ1v) is 9.56. The molecule has 2 bridgehead atoms. The average Bonchev–Trinajstić information content (AvgIpc) is 2.61. The monoisotopic (exact) mass is 359 g/mol. The quantitative estimate of drug-likeness (QED) is 0.719. The highest BCUT2D eigenvalue weighted by Gasteiger charge is 2.40. The minimum absolute atomic E-state index is 0.106. The predicted molar refractivity (Wildman–Crippen MR) is 99.5 cm³/mol. The number of carbonyl (C=O) groups is 2. The third-order valence-corrected chi connectivity index (χ3v) is 5.57. The van der Waals surface area contributed by atoms with Crippen LogP contribution in [0.1, 0.15) is 39.0 Å². The van der Waals surface area contributed by atoms with Crippen molar-refractivity contribution in [3.63, 3.8) is 0 Å². The second kappa shape index (κ2) is 8.54. The number of fused-ring (bicyclic) bond motifs is 2. The summed E-state index contributed by atoms with van der Waals surface area (Å²) >= 11 is 0. The van der Waals surface area contributed by atoms with Crippen molar-refractivity contribution in [2.24, 2.45) is 17.6 Å². The Morgan fingerprint density at radius 2 is 1.85 bits per heavy atom. The number of ether oxygens (including phenoxy) is 1. The van der Waals surface area contributed by atoms with Gasteiger partial charge in [-0.3, -0.25) is 9.59 Å². The second-order valence-electron chi connectivity index (χ2n) is 7.61. The molecule has 4 N–H and O–H groups in total. The summed E-state index contributed by atoms with van der Waals surface area (Å²) in [5.74, 6) is 1.13. The Bertz CT molecular complexity index is 608. The van der Waals surface area contributed by atoms with E-state index in [4.69, 9.17) is 10.5 Å². The van der Waals surface area contributed by atoms with E-state index >= 15 is 0 Å². The van der Waals surface area contributed by atoms with Gasteiger partial charge in [-0.15, -0.1) is 0 Å². The van der Waals surface area contributed by atoms with E-state index in [1.807, 2.05) is 18.2 Å². The summed E-state index contributed by atoms with van der Waals surface area (Å²) in [5.41, 5.74) is 6.14. The van der Waals surface area contributed by atoms with Crippen LogP contribution in [-0.4, -0.2) is 36.5 Å². The van der Waals surface area contributed by atoms with Gasteiger partial charge in [-0.2, -0.15) is 0 Å². The molecule has 2 saturated carbocycles. The lowest BCUT2D eigenvalue weighted by Crippen LogP contribution is -2.57. The number of para-hydroxylation sites is 1. The Morgan fingerprint density at radius 1 is 1.19 bits per heavy atom. The van der Waals surface area contributed by atoms with E-state index in [-0.39, 0.29) is 30.5 Å². The smallest absolute Gasteiger partial charge is 0.258 e. The molecule has 2 aliphatic carbocycles. The summed E-state index contributed by atoms with van der Waals surface area (Å²) in [7, 11) is 0. The molecule has 3 atom stereocenters. The maximum Gasteiger partial charge on any atom is 0.258 e. The van der Waals surface area contributed by atoms with Crippen molar-refractivity contribution < 1.29 is 14.3 Å². The lowest BCUT2D eigenvalue weighted by Gasteiger charge is -2.45. The zero-order valence-corrected chi connectivity index (χ0v) is 15.3. The van der Waals surface area contributed by atoms with Gasteiger partial charge in [0, 0.05) is 12.1 Å². The van der Waals surface area contributed by atoms with Gasteiger partial charge in [0.25, 0.3) is 5.91 Å². The molecule has 3 unspecified atom stereocenters. The number of amides is 2. The van der Waals surface area contributed by atoms with E-state index in [0.29, 0.717) is 17.6 Å².